The standard InChI is InChI=1S/C27H29F3N8O/c1-16-25(38-15-24(34-35-38)23-14-32-37(4)17(23)2)11-20(13-31-16)26(39)33-22-10-19(9-21(12-22)27(28,29)30)18-5-7-36(3)8-6-18/h9-15,18H,5-8H2,1-4H3,(H,33,39). The monoisotopic (exact) mass is 538 g/mol. The van der Waals surface area contributed by atoms with E-state index in [1.54, 1.807) is 36.1 Å². The van der Waals surface area contributed by atoms with Crippen LogP contribution in [0, 0.1) is 13.8 Å². The molecule has 1 aromatic carbocycles. The van der Waals surface area contributed by atoms with Crippen molar-refractivity contribution in [2.24, 2.45) is 7.05 Å². The Kier molecular flexibility index (Phi) is 6.98. The fourth-order valence-electron chi connectivity index (χ4n) is 4.80. The van der Waals surface area contributed by atoms with Crippen molar-refractivity contribution in [1.82, 2.24) is 34.7 Å². The van der Waals surface area contributed by atoms with Gasteiger partial charge in [-0.1, -0.05) is 5.21 Å². The predicted octanol–water partition coefficient (Wildman–Crippen LogP) is 4.76. The zero-order valence-electron chi connectivity index (χ0n) is 22.1. The first-order chi connectivity index (χ1) is 18.5. The van der Waals surface area contributed by atoms with Gasteiger partial charge in [0.1, 0.15) is 5.69 Å². The zero-order chi connectivity index (χ0) is 27.9. The van der Waals surface area contributed by atoms with Crippen LogP contribution in [0.25, 0.3) is 16.9 Å². The molecule has 0 radical (unpaired) electrons. The summed E-state index contributed by atoms with van der Waals surface area (Å²) >= 11 is 0. The molecule has 0 atom stereocenters. The van der Waals surface area contributed by atoms with Gasteiger partial charge >= 0.3 is 6.18 Å². The van der Waals surface area contributed by atoms with Gasteiger partial charge in [-0.25, -0.2) is 4.68 Å². The van der Waals surface area contributed by atoms with Crippen molar-refractivity contribution in [3.8, 4) is 16.9 Å². The highest BCUT2D eigenvalue weighted by atomic mass is 19.4. The van der Waals surface area contributed by atoms with Crippen molar-refractivity contribution in [3.63, 3.8) is 0 Å². The Morgan fingerprint density at radius 2 is 1.79 bits per heavy atom. The summed E-state index contributed by atoms with van der Waals surface area (Å²) in [5, 5.41) is 15.3. The first kappa shape index (κ1) is 26.5. The number of halogens is 3. The lowest BCUT2D eigenvalue weighted by atomic mass is 9.88. The maximum Gasteiger partial charge on any atom is 0.416 e. The van der Waals surface area contributed by atoms with E-state index in [4.69, 9.17) is 0 Å². The normalized spacial score (nSPS) is 15.1. The summed E-state index contributed by atoms with van der Waals surface area (Å²) in [6.45, 7) is 5.31. The summed E-state index contributed by atoms with van der Waals surface area (Å²) < 4.78 is 44.4. The molecule has 4 heterocycles. The fraction of sp³-hybridized carbons (Fsp3) is 0.370. The summed E-state index contributed by atoms with van der Waals surface area (Å²) in [5.74, 6) is -0.572. The van der Waals surface area contributed by atoms with Crippen molar-refractivity contribution in [3.05, 3.63) is 70.9 Å². The molecule has 1 amide bonds. The van der Waals surface area contributed by atoms with Crippen molar-refractivity contribution in [2.75, 3.05) is 25.5 Å². The topological polar surface area (TPSA) is 93.8 Å². The average Bonchev–Trinajstić information content (AvgIpc) is 3.50. The largest absolute Gasteiger partial charge is 0.416 e. The molecule has 3 aromatic heterocycles. The van der Waals surface area contributed by atoms with Crippen LogP contribution in [0.4, 0.5) is 18.9 Å². The number of hydrogen-bond acceptors (Lipinski definition) is 6. The number of aryl methyl sites for hydroxylation is 2. The maximum atomic E-state index is 13.7. The van der Waals surface area contributed by atoms with E-state index >= 15 is 0 Å². The fourth-order valence-corrected chi connectivity index (χ4v) is 4.80. The minimum atomic E-state index is -4.53. The number of aromatic nitrogens is 6. The Balaban J connectivity index is 1.42. The van der Waals surface area contributed by atoms with Gasteiger partial charge in [0.2, 0.25) is 0 Å². The minimum Gasteiger partial charge on any atom is -0.322 e. The summed E-state index contributed by atoms with van der Waals surface area (Å²) in [6.07, 6.45) is 1.80. The Labute approximate surface area is 223 Å². The molecule has 39 heavy (non-hydrogen) atoms. The van der Waals surface area contributed by atoms with Crippen molar-refractivity contribution >= 4 is 11.6 Å². The third-order valence-corrected chi connectivity index (χ3v) is 7.30. The van der Waals surface area contributed by atoms with Gasteiger partial charge in [0, 0.05) is 30.2 Å². The molecule has 12 heteroatoms. The number of nitrogens with one attached hydrogen (secondary N) is 1. The van der Waals surface area contributed by atoms with E-state index in [-0.39, 0.29) is 17.2 Å². The van der Waals surface area contributed by atoms with Crippen LogP contribution in [0.5, 0.6) is 0 Å². The van der Waals surface area contributed by atoms with Crippen LogP contribution >= 0.6 is 0 Å². The van der Waals surface area contributed by atoms with E-state index in [1.807, 2.05) is 21.0 Å². The third kappa shape index (κ3) is 5.56. The molecule has 0 unspecified atom stereocenters. The van der Waals surface area contributed by atoms with E-state index in [2.05, 4.69) is 30.6 Å². The average molecular weight is 539 g/mol. The van der Waals surface area contributed by atoms with E-state index < -0.39 is 17.6 Å². The number of hydrogen-bond donors (Lipinski definition) is 1. The zero-order valence-corrected chi connectivity index (χ0v) is 22.1. The Morgan fingerprint density at radius 3 is 2.46 bits per heavy atom. The summed E-state index contributed by atoms with van der Waals surface area (Å²) in [5.41, 5.74) is 3.58. The van der Waals surface area contributed by atoms with Gasteiger partial charge in [-0.2, -0.15) is 18.3 Å². The van der Waals surface area contributed by atoms with Crippen LogP contribution in [0.15, 0.2) is 42.9 Å². The van der Waals surface area contributed by atoms with Crippen LogP contribution in [0.1, 0.15) is 51.6 Å². The minimum absolute atomic E-state index is 0.00300. The maximum absolute atomic E-state index is 13.7. The molecule has 9 nitrogen and oxygen atoms in total. The molecular formula is C27H29F3N8O. The second kappa shape index (κ2) is 10.3. The molecule has 0 aliphatic carbocycles. The highest BCUT2D eigenvalue weighted by molar-refractivity contribution is 6.04. The number of rotatable bonds is 5. The molecule has 4 aromatic rings. The van der Waals surface area contributed by atoms with Gasteiger partial charge in [0.25, 0.3) is 5.91 Å². The van der Waals surface area contributed by atoms with E-state index in [0.29, 0.717) is 22.6 Å². The lowest BCUT2D eigenvalue weighted by Gasteiger charge is -2.29. The number of piperidine rings is 1. The number of benzene rings is 1. The van der Waals surface area contributed by atoms with Gasteiger partial charge in [0.15, 0.2) is 0 Å². The summed E-state index contributed by atoms with van der Waals surface area (Å²) in [6, 6.07) is 5.41. The smallest absolute Gasteiger partial charge is 0.322 e. The van der Waals surface area contributed by atoms with Gasteiger partial charge in [-0.05, 0) is 82.6 Å². The molecule has 1 aliphatic heterocycles. The molecule has 0 saturated carbocycles. The van der Waals surface area contributed by atoms with Crippen LogP contribution < -0.4 is 5.32 Å². The first-order valence-electron chi connectivity index (χ1n) is 12.6. The second-order valence-electron chi connectivity index (χ2n) is 10.0. The third-order valence-electron chi connectivity index (χ3n) is 7.30. The van der Waals surface area contributed by atoms with E-state index in [1.165, 1.54) is 16.9 Å². The molecule has 204 valence electrons. The number of pyridine rings is 1. The lowest BCUT2D eigenvalue weighted by Crippen LogP contribution is -2.29. The number of carbonyl (C=O) groups is 1. The van der Waals surface area contributed by atoms with E-state index in [0.717, 1.165) is 43.3 Å². The van der Waals surface area contributed by atoms with Crippen LogP contribution in [0.2, 0.25) is 0 Å². The molecule has 1 fully saturated rings. The number of anilines is 1. The van der Waals surface area contributed by atoms with Gasteiger partial charge in [-0.3, -0.25) is 14.5 Å². The van der Waals surface area contributed by atoms with Gasteiger partial charge in [0.05, 0.1) is 34.9 Å². The van der Waals surface area contributed by atoms with Crippen LogP contribution in [-0.2, 0) is 13.2 Å². The Hall–Kier alpha value is -4.06. The molecular weight excluding hydrogens is 509 g/mol. The second-order valence-corrected chi connectivity index (χ2v) is 10.0. The molecule has 1 N–H and O–H groups in total. The lowest BCUT2D eigenvalue weighted by molar-refractivity contribution is -0.137. The Bertz CT molecular complexity index is 1520. The predicted molar refractivity (Wildman–Crippen MR) is 140 cm³/mol. The number of alkyl halides is 3. The van der Waals surface area contributed by atoms with Crippen LogP contribution in [-0.4, -0.2) is 60.7 Å². The highest BCUT2D eigenvalue weighted by Gasteiger charge is 2.32. The van der Waals surface area contributed by atoms with Crippen molar-refractivity contribution in [2.45, 2.75) is 38.8 Å². The number of likely N-dealkylation sites (tertiary alicyclic amines) is 1. The van der Waals surface area contributed by atoms with Crippen molar-refractivity contribution < 1.29 is 18.0 Å². The number of nitrogens with zero attached hydrogens (tertiary/aromatic N) is 7. The molecule has 0 spiro atoms. The first-order valence-corrected chi connectivity index (χ1v) is 12.6. The summed E-state index contributed by atoms with van der Waals surface area (Å²) in [4.78, 5) is 19.7. The van der Waals surface area contributed by atoms with Crippen molar-refractivity contribution in [1.29, 1.82) is 0 Å². The molecule has 5 rings (SSSR count). The summed E-state index contributed by atoms with van der Waals surface area (Å²) in [7, 11) is 3.83. The molecule has 0 bridgehead atoms. The van der Waals surface area contributed by atoms with E-state index in [9.17, 15) is 18.0 Å². The number of amides is 1. The molecule has 1 saturated heterocycles. The quantitative estimate of drug-likeness (QED) is 0.394. The SMILES string of the molecule is Cc1ncc(C(=O)Nc2cc(C3CCN(C)CC3)cc(C(F)(F)F)c2)cc1-n1cc(-c2cnn(C)c2C)nn1. The van der Waals surface area contributed by atoms with Crippen LogP contribution in [0.3, 0.4) is 0 Å². The Morgan fingerprint density at radius 1 is 1.05 bits per heavy atom. The molecule has 1 aliphatic rings. The highest BCUT2D eigenvalue weighted by Crippen LogP contribution is 2.36. The number of carbonyl (C=O) groups excluding carboxylic acids is 1. The van der Waals surface area contributed by atoms with Gasteiger partial charge < -0.3 is 10.2 Å². The van der Waals surface area contributed by atoms with Gasteiger partial charge in [-0.15, -0.1) is 5.10 Å².